The summed E-state index contributed by atoms with van der Waals surface area (Å²) in [6, 6.07) is 6.65. The van der Waals surface area contributed by atoms with Crippen LogP contribution in [0.3, 0.4) is 0 Å². The molecule has 0 unspecified atom stereocenters. The molecule has 4 nitrogen and oxygen atoms in total. The van der Waals surface area contributed by atoms with Crippen molar-refractivity contribution in [3.05, 3.63) is 29.3 Å². The Labute approximate surface area is 126 Å². The van der Waals surface area contributed by atoms with Gasteiger partial charge < -0.3 is 4.90 Å². The Balaban J connectivity index is 2.16. The van der Waals surface area contributed by atoms with Gasteiger partial charge in [-0.05, 0) is 37.1 Å². The molecular formula is C14H22ClN2O2S+. The first-order valence-electron chi connectivity index (χ1n) is 6.98. The molecule has 2 N–H and O–H groups in total. The standard InChI is InChI=1S/C14H21ClN2O2S/c1-17(2)14-6-4-3-5-13(14)16-20(18,19)12-9-7-11(15)8-10-12/h7-10,13-14,16H,3-6H2,1-2H3/p+1/t13-,14+/m0/s1. The number of quaternary nitrogens is 1. The Bertz CT molecular complexity index is 543. The molecule has 1 aliphatic rings. The molecular weight excluding hydrogens is 296 g/mol. The van der Waals surface area contributed by atoms with Crippen LogP contribution in [0.4, 0.5) is 0 Å². The first-order chi connectivity index (χ1) is 9.40. The Morgan fingerprint density at radius 1 is 1.15 bits per heavy atom. The minimum absolute atomic E-state index is 0.00873. The summed E-state index contributed by atoms with van der Waals surface area (Å²) in [5.74, 6) is 0. The third kappa shape index (κ3) is 3.73. The fraction of sp³-hybridized carbons (Fsp3) is 0.571. The summed E-state index contributed by atoms with van der Waals surface area (Å²) in [6.07, 6.45) is 4.23. The zero-order valence-corrected chi connectivity index (χ0v) is 13.5. The van der Waals surface area contributed by atoms with E-state index in [1.54, 1.807) is 24.3 Å². The van der Waals surface area contributed by atoms with Crippen LogP contribution in [0, 0.1) is 0 Å². The first kappa shape index (κ1) is 15.8. The Morgan fingerprint density at radius 3 is 2.35 bits per heavy atom. The van der Waals surface area contributed by atoms with Gasteiger partial charge in [0.1, 0.15) is 6.04 Å². The lowest BCUT2D eigenvalue weighted by atomic mass is 9.90. The van der Waals surface area contributed by atoms with Gasteiger partial charge in [-0.3, -0.25) is 0 Å². The SMILES string of the molecule is C[NH+](C)[C@@H]1CCCC[C@@H]1NS(=O)(=O)c1ccc(Cl)cc1. The van der Waals surface area contributed by atoms with Crippen molar-refractivity contribution in [2.75, 3.05) is 14.1 Å². The molecule has 6 heteroatoms. The van der Waals surface area contributed by atoms with E-state index in [1.165, 1.54) is 11.3 Å². The van der Waals surface area contributed by atoms with Gasteiger partial charge in [0, 0.05) is 11.4 Å². The minimum atomic E-state index is -3.47. The maximum absolute atomic E-state index is 12.4. The number of sulfonamides is 1. The van der Waals surface area contributed by atoms with Gasteiger partial charge >= 0.3 is 0 Å². The molecule has 0 aromatic heterocycles. The molecule has 1 aromatic rings. The summed E-state index contributed by atoms with van der Waals surface area (Å²) in [7, 11) is 0.701. The third-order valence-electron chi connectivity index (χ3n) is 3.94. The lowest BCUT2D eigenvalue weighted by Crippen LogP contribution is -3.12. The molecule has 2 atom stereocenters. The molecule has 0 spiro atoms. The smallest absolute Gasteiger partial charge is 0.241 e. The second-order valence-corrected chi connectivity index (χ2v) is 7.80. The quantitative estimate of drug-likeness (QED) is 0.873. The van der Waals surface area contributed by atoms with Crippen molar-refractivity contribution in [2.45, 2.75) is 42.7 Å². The van der Waals surface area contributed by atoms with Crippen molar-refractivity contribution in [3.63, 3.8) is 0 Å². The third-order valence-corrected chi connectivity index (χ3v) is 5.70. The highest BCUT2D eigenvalue weighted by molar-refractivity contribution is 7.89. The van der Waals surface area contributed by atoms with E-state index in [9.17, 15) is 8.42 Å². The molecule has 1 saturated carbocycles. The Kier molecular flexibility index (Phi) is 5.07. The predicted molar refractivity (Wildman–Crippen MR) is 80.6 cm³/mol. The zero-order valence-electron chi connectivity index (χ0n) is 11.9. The second kappa shape index (κ2) is 6.43. The largest absolute Gasteiger partial charge is 0.336 e. The highest BCUT2D eigenvalue weighted by atomic mass is 35.5. The second-order valence-electron chi connectivity index (χ2n) is 5.65. The maximum atomic E-state index is 12.4. The monoisotopic (exact) mass is 317 g/mol. The number of hydrogen-bond donors (Lipinski definition) is 2. The number of halogens is 1. The van der Waals surface area contributed by atoms with Crippen LogP contribution in [0.25, 0.3) is 0 Å². The summed E-state index contributed by atoms with van der Waals surface area (Å²) in [6.45, 7) is 0. The Morgan fingerprint density at radius 2 is 1.75 bits per heavy atom. The average molecular weight is 318 g/mol. The van der Waals surface area contributed by atoms with E-state index in [2.05, 4.69) is 18.8 Å². The molecule has 0 saturated heterocycles. The van der Waals surface area contributed by atoms with Crippen molar-refractivity contribution < 1.29 is 13.3 Å². The summed E-state index contributed by atoms with van der Waals surface area (Å²) in [4.78, 5) is 1.58. The predicted octanol–water partition coefficient (Wildman–Crippen LogP) is 1.07. The van der Waals surface area contributed by atoms with Gasteiger partial charge in [-0.2, -0.15) is 0 Å². The molecule has 0 heterocycles. The Hall–Kier alpha value is -0.620. The van der Waals surface area contributed by atoms with Crippen LogP contribution < -0.4 is 9.62 Å². The molecule has 112 valence electrons. The van der Waals surface area contributed by atoms with Crippen molar-refractivity contribution >= 4 is 21.6 Å². The molecule has 0 radical (unpaired) electrons. The van der Waals surface area contributed by atoms with Crippen molar-refractivity contribution in [3.8, 4) is 0 Å². The van der Waals surface area contributed by atoms with E-state index in [0.717, 1.165) is 19.3 Å². The van der Waals surface area contributed by atoms with Crippen LogP contribution in [0.15, 0.2) is 29.2 Å². The zero-order chi connectivity index (χ0) is 14.8. The van der Waals surface area contributed by atoms with Gasteiger partial charge in [-0.25, -0.2) is 13.1 Å². The number of nitrogens with one attached hydrogen (secondary N) is 2. The molecule has 20 heavy (non-hydrogen) atoms. The fourth-order valence-corrected chi connectivity index (χ4v) is 4.28. The topological polar surface area (TPSA) is 50.6 Å². The minimum Gasteiger partial charge on any atom is -0.336 e. The summed E-state index contributed by atoms with van der Waals surface area (Å²) in [5, 5.41) is 0.539. The van der Waals surface area contributed by atoms with Gasteiger partial charge in [0.05, 0.1) is 25.0 Å². The van der Waals surface area contributed by atoms with Crippen molar-refractivity contribution in [1.29, 1.82) is 0 Å². The van der Waals surface area contributed by atoms with Crippen LogP contribution >= 0.6 is 11.6 Å². The molecule has 2 rings (SSSR count). The molecule has 0 amide bonds. The van der Waals surface area contributed by atoms with Crippen molar-refractivity contribution in [2.24, 2.45) is 0 Å². The van der Waals surface area contributed by atoms with E-state index < -0.39 is 10.0 Å². The van der Waals surface area contributed by atoms with Gasteiger partial charge in [-0.1, -0.05) is 18.0 Å². The molecule has 1 aliphatic carbocycles. The lowest BCUT2D eigenvalue weighted by Gasteiger charge is -2.33. The molecule has 1 fully saturated rings. The summed E-state index contributed by atoms with van der Waals surface area (Å²) < 4.78 is 27.7. The van der Waals surface area contributed by atoms with Crippen LogP contribution in [0.1, 0.15) is 25.7 Å². The van der Waals surface area contributed by atoms with E-state index >= 15 is 0 Å². The van der Waals surface area contributed by atoms with Crippen LogP contribution in [0.5, 0.6) is 0 Å². The number of rotatable bonds is 4. The van der Waals surface area contributed by atoms with Gasteiger partial charge in [-0.15, -0.1) is 0 Å². The molecule has 1 aromatic carbocycles. The van der Waals surface area contributed by atoms with Gasteiger partial charge in [0.15, 0.2) is 0 Å². The molecule has 0 bridgehead atoms. The highest BCUT2D eigenvalue weighted by Gasteiger charge is 2.33. The maximum Gasteiger partial charge on any atom is 0.241 e. The van der Waals surface area contributed by atoms with E-state index in [0.29, 0.717) is 11.1 Å². The number of hydrogen-bond acceptors (Lipinski definition) is 2. The fourth-order valence-electron chi connectivity index (χ4n) is 2.84. The van der Waals surface area contributed by atoms with Crippen LogP contribution in [-0.2, 0) is 10.0 Å². The average Bonchev–Trinajstić information content (AvgIpc) is 2.39. The van der Waals surface area contributed by atoms with Gasteiger partial charge in [0.2, 0.25) is 10.0 Å². The van der Waals surface area contributed by atoms with Crippen molar-refractivity contribution in [1.82, 2.24) is 4.72 Å². The van der Waals surface area contributed by atoms with Gasteiger partial charge in [0.25, 0.3) is 0 Å². The normalized spacial score (nSPS) is 24.0. The van der Waals surface area contributed by atoms with Crippen LogP contribution in [-0.4, -0.2) is 34.6 Å². The number of benzene rings is 1. The lowest BCUT2D eigenvalue weighted by molar-refractivity contribution is -0.888. The van der Waals surface area contributed by atoms with E-state index in [-0.39, 0.29) is 10.9 Å². The summed E-state index contributed by atoms with van der Waals surface area (Å²) in [5.41, 5.74) is 0. The highest BCUT2D eigenvalue weighted by Crippen LogP contribution is 2.20. The number of likely N-dealkylation sites (N-methyl/N-ethyl adjacent to an activating group) is 1. The van der Waals surface area contributed by atoms with Crippen LogP contribution in [0.2, 0.25) is 5.02 Å². The van der Waals surface area contributed by atoms with E-state index in [4.69, 9.17) is 11.6 Å². The van der Waals surface area contributed by atoms with E-state index in [1.807, 2.05) is 0 Å². The summed E-state index contributed by atoms with van der Waals surface area (Å²) >= 11 is 5.80. The first-order valence-corrected chi connectivity index (χ1v) is 8.84. The molecule has 0 aliphatic heterocycles.